The highest BCUT2D eigenvalue weighted by Gasteiger charge is 2.28. The molecule has 0 aromatic heterocycles. The summed E-state index contributed by atoms with van der Waals surface area (Å²) >= 11 is 0. The number of likely N-dealkylation sites (tertiary alicyclic amines) is 1. The number of benzene rings is 1. The number of unbranched alkanes of at least 4 members (excludes halogenated alkanes) is 1. The largest absolute Gasteiger partial charge is 0.494 e. The van der Waals surface area contributed by atoms with Crippen molar-refractivity contribution in [2.45, 2.75) is 32.6 Å². The molecule has 158 valence electrons. The van der Waals surface area contributed by atoms with Crippen LogP contribution in [0.1, 0.15) is 32.6 Å². The third-order valence-corrected chi connectivity index (χ3v) is 4.49. The summed E-state index contributed by atoms with van der Waals surface area (Å²) in [6.07, 6.45) is 3.63. The lowest BCUT2D eigenvalue weighted by molar-refractivity contribution is -0.149. The van der Waals surface area contributed by atoms with Crippen LogP contribution in [0.25, 0.3) is 0 Å². The number of carbonyl (C=O) groups excluding carboxylic acids is 1. The van der Waals surface area contributed by atoms with Crippen LogP contribution in [-0.4, -0.2) is 56.7 Å². The summed E-state index contributed by atoms with van der Waals surface area (Å²) in [6.45, 7) is 5.15. The van der Waals surface area contributed by atoms with Gasteiger partial charge in [0.1, 0.15) is 11.6 Å². The smallest absolute Gasteiger partial charge is 0.310 e. The molecule has 1 unspecified atom stereocenters. The molecular weight excluding hydrogens is 476 g/mol. The van der Waals surface area contributed by atoms with Gasteiger partial charge in [0.25, 0.3) is 0 Å². The minimum Gasteiger partial charge on any atom is -0.494 e. The molecule has 2 rings (SSSR count). The Balaban J connectivity index is 0.00000392. The van der Waals surface area contributed by atoms with Crippen molar-refractivity contribution >= 4 is 35.9 Å². The van der Waals surface area contributed by atoms with Crippen LogP contribution < -0.4 is 10.1 Å². The molecule has 1 aromatic carbocycles. The number of ether oxygens (including phenoxy) is 2. The molecule has 0 bridgehead atoms. The number of piperidine rings is 1. The van der Waals surface area contributed by atoms with Crippen molar-refractivity contribution in [1.29, 1.82) is 0 Å². The van der Waals surface area contributed by atoms with Crippen LogP contribution in [0.15, 0.2) is 29.3 Å². The fourth-order valence-electron chi connectivity index (χ4n) is 3.10. The summed E-state index contributed by atoms with van der Waals surface area (Å²) in [4.78, 5) is 18.4. The zero-order valence-corrected chi connectivity index (χ0v) is 19.0. The van der Waals surface area contributed by atoms with Crippen molar-refractivity contribution in [2.24, 2.45) is 10.9 Å². The molecule has 1 aliphatic heterocycles. The van der Waals surface area contributed by atoms with E-state index in [-0.39, 0.29) is 41.7 Å². The van der Waals surface area contributed by atoms with Gasteiger partial charge in [0.15, 0.2) is 5.96 Å². The lowest BCUT2D eigenvalue weighted by Crippen LogP contribution is -2.48. The fourth-order valence-corrected chi connectivity index (χ4v) is 3.10. The van der Waals surface area contributed by atoms with E-state index in [1.807, 2.05) is 6.92 Å². The monoisotopic (exact) mass is 507 g/mol. The molecule has 0 radical (unpaired) electrons. The zero-order valence-electron chi connectivity index (χ0n) is 16.7. The van der Waals surface area contributed by atoms with Crippen molar-refractivity contribution in [3.8, 4) is 5.75 Å². The van der Waals surface area contributed by atoms with Crippen molar-refractivity contribution in [1.82, 2.24) is 10.2 Å². The molecule has 28 heavy (non-hydrogen) atoms. The number of hydrogen-bond acceptors (Lipinski definition) is 4. The lowest BCUT2D eigenvalue weighted by atomic mass is 9.98. The van der Waals surface area contributed by atoms with E-state index in [2.05, 4.69) is 15.2 Å². The number of aliphatic imine (C=N–C) groups is 1. The van der Waals surface area contributed by atoms with Crippen molar-refractivity contribution in [3.63, 3.8) is 0 Å². The second-order valence-electron chi connectivity index (χ2n) is 6.52. The highest BCUT2D eigenvalue weighted by Crippen LogP contribution is 2.18. The van der Waals surface area contributed by atoms with Gasteiger partial charge < -0.3 is 19.7 Å². The van der Waals surface area contributed by atoms with E-state index in [0.717, 1.165) is 44.7 Å². The van der Waals surface area contributed by atoms with Gasteiger partial charge in [0, 0.05) is 26.7 Å². The third-order valence-electron chi connectivity index (χ3n) is 4.49. The summed E-state index contributed by atoms with van der Waals surface area (Å²) in [6, 6.07) is 6.05. The van der Waals surface area contributed by atoms with E-state index in [4.69, 9.17) is 9.47 Å². The molecule has 0 spiro atoms. The van der Waals surface area contributed by atoms with Crippen LogP contribution in [0.3, 0.4) is 0 Å². The zero-order chi connectivity index (χ0) is 19.5. The van der Waals surface area contributed by atoms with Gasteiger partial charge >= 0.3 is 5.97 Å². The van der Waals surface area contributed by atoms with Gasteiger partial charge in [-0.25, -0.2) is 4.39 Å². The number of nitrogens with one attached hydrogen (secondary N) is 1. The van der Waals surface area contributed by atoms with Gasteiger partial charge in [-0.3, -0.25) is 9.79 Å². The molecule has 1 aliphatic rings. The van der Waals surface area contributed by atoms with Crippen molar-refractivity contribution in [3.05, 3.63) is 30.1 Å². The first kappa shape index (κ1) is 24.5. The molecule has 0 amide bonds. The summed E-state index contributed by atoms with van der Waals surface area (Å²) in [7, 11) is 1.76. The molecule has 1 atom stereocenters. The summed E-state index contributed by atoms with van der Waals surface area (Å²) in [5.74, 6) is 1.04. The van der Waals surface area contributed by atoms with E-state index in [9.17, 15) is 9.18 Å². The number of rotatable bonds is 8. The Hall–Kier alpha value is -1.58. The number of guanidine groups is 1. The molecule has 8 heteroatoms. The summed E-state index contributed by atoms with van der Waals surface area (Å²) < 4.78 is 23.6. The average molecular weight is 507 g/mol. The normalized spacial score (nSPS) is 16.9. The van der Waals surface area contributed by atoms with Gasteiger partial charge in [-0.15, -0.1) is 24.0 Å². The van der Waals surface area contributed by atoms with Crippen LogP contribution in [0.4, 0.5) is 4.39 Å². The number of carbonyl (C=O) groups is 1. The molecule has 6 nitrogen and oxygen atoms in total. The van der Waals surface area contributed by atoms with E-state index in [1.54, 1.807) is 19.2 Å². The van der Waals surface area contributed by atoms with Gasteiger partial charge in [-0.05, 0) is 56.9 Å². The molecule has 1 fully saturated rings. The van der Waals surface area contributed by atoms with E-state index >= 15 is 0 Å². The number of nitrogens with zero attached hydrogens (tertiary/aromatic N) is 2. The van der Waals surface area contributed by atoms with Gasteiger partial charge in [-0.1, -0.05) is 0 Å². The lowest BCUT2D eigenvalue weighted by Gasteiger charge is -2.33. The topological polar surface area (TPSA) is 63.2 Å². The Morgan fingerprint density at radius 1 is 1.32 bits per heavy atom. The van der Waals surface area contributed by atoms with Crippen LogP contribution >= 0.6 is 24.0 Å². The third kappa shape index (κ3) is 8.20. The highest BCUT2D eigenvalue weighted by atomic mass is 127. The maximum absolute atomic E-state index is 12.8. The first-order valence-corrected chi connectivity index (χ1v) is 9.64. The van der Waals surface area contributed by atoms with Gasteiger partial charge in [0.2, 0.25) is 0 Å². The maximum Gasteiger partial charge on any atom is 0.310 e. The average Bonchev–Trinajstić information content (AvgIpc) is 2.69. The van der Waals surface area contributed by atoms with Crippen LogP contribution in [0, 0.1) is 11.7 Å². The molecule has 1 aromatic rings. The van der Waals surface area contributed by atoms with Crippen LogP contribution in [-0.2, 0) is 9.53 Å². The second-order valence-corrected chi connectivity index (χ2v) is 6.52. The summed E-state index contributed by atoms with van der Waals surface area (Å²) in [5, 5.41) is 3.36. The number of hydrogen-bond donors (Lipinski definition) is 1. The van der Waals surface area contributed by atoms with Crippen LogP contribution in [0.2, 0.25) is 0 Å². The fraction of sp³-hybridized carbons (Fsp3) is 0.600. The van der Waals surface area contributed by atoms with E-state index in [1.165, 1.54) is 12.1 Å². The maximum atomic E-state index is 12.8. The predicted molar refractivity (Wildman–Crippen MR) is 119 cm³/mol. The Labute approximate surface area is 183 Å². The molecule has 1 saturated heterocycles. The summed E-state index contributed by atoms with van der Waals surface area (Å²) in [5.41, 5.74) is 0. The SMILES string of the molecule is CCOC(=O)C1CCCN(C(=NC)NCCCCOc2ccc(F)cc2)C1.I. The Morgan fingerprint density at radius 2 is 2.07 bits per heavy atom. The molecular formula is C20H31FIN3O3. The van der Waals surface area contributed by atoms with E-state index in [0.29, 0.717) is 25.5 Å². The first-order chi connectivity index (χ1) is 13.1. The minimum absolute atomic E-state index is 0. The highest BCUT2D eigenvalue weighted by molar-refractivity contribution is 14.0. The molecule has 1 heterocycles. The van der Waals surface area contributed by atoms with Gasteiger partial charge in [-0.2, -0.15) is 0 Å². The number of halogens is 2. The van der Waals surface area contributed by atoms with E-state index < -0.39 is 0 Å². The standard InChI is InChI=1S/C20H30FN3O3.HI/c1-3-26-19(25)16-7-6-13-24(15-16)20(22-2)23-12-4-5-14-27-18-10-8-17(21)9-11-18;/h8-11,16H,3-7,12-15H2,1-2H3,(H,22,23);1H. The Bertz CT molecular complexity index is 613. The second kappa shape index (κ2) is 13.6. The molecule has 0 aliphatic carbocycles. The quantitative estimate of drug-likeness (QED) is 0.192. The van der Waals surface area contributed by atoms with Gasteiger partial charge in [0.05, 0.1) is 19.1 Å². The minimum atomic E-state index is -0.263. The predicted octanol–water partition coefficient (Wildman–Crippen LogP) is 3.45. The van der Waals surface area contributed by atoms with Crippen molar-refractivity contribution < 1.29 is 18.7 Å². The first-order valence-electron chi connectivity index (χ1n) is 9.64. The molecule has 0 saturated carbocycles. The van der Waals surface area contributed by atoms with Crippen LogP contribution in [0.5, 0.6) is 5.75 Å². The van der Waals surface area contributed by atoms with Crippen molar-refractivity contribution in [2.75, 3.05) is 39.9 Å². The number of esters is 1. The Kier molecular flexibility index (Phi) is 11.9. The Morgan fingerprint density at radius 3 is 2.75 bits per heavy atom. The molecule has 1 N–H and O–H groups in total.